The third kappa shape index (κ3) is 3.74. The summed E-state index contributed by atoms with van der Waals surface area (Å²) in [7, 11) is 0. The molecule has 0 spiro atoms. The Bertz CT molecular complexity index is 1530. The summed E-state index contributed by atoms with van der Waals surface area (Å²) >= 11 is 1.35. The molecular formula is C28H23N3O2S. The number of thiazole rings is 1. The molecule has 0 radical (unpaired) electrons. The van der Waals surface area contributed by atoms with E-state index < -0.39 is 0 Å². The molecule has 0 aliphatic rings. The first-order chi connectivity index (χ1) is 16.5. The number of para-hydroxylation sites is 2. The minimum absolute atomic E-state index is 0.101. The molecule has 0 atom stereocenters. The van der Waals surface area contributed by atoms with E-state index in [0.717, 1.165) is 27.4 Å². The number of benzene rings is 3. The lowest BCUT2D eigenvalue weighted by atomic mass is 10.1. The van der Waals surface area contributed by atoms with Crippen LogP contribution >= 0.6 is 11.3 Å². The molecule has 3 aromatic carbocycles. The first kappa shape index (κ1) is 21.9. The molecule has 0 saturated heterocycles. The lowest BCUT2D eigenvalue weighted by Crippen LogP contribution is -2.11. The summed E-state index contributed by atoms with van der Waals surface area (Å²) in [6.07, 6.45) is 0. The molecule has 0 fully saturated rings. The predicted octanol–water partition coefficient (Wildman–Crippen LogP) is 6.82. The molecule has 168 valence electrons. The zero-order valence-electron chi connectivity index (χ0n) is 19.2. The van der Waals surface area contributed by atoms with Crippen molar-refractivity contribution in [3.8, 4) is 22.4 Å². The van der Waals surface area contributed by atoms with Crippen molar-refractivity contribution in [2.24, 2.45) is 5.92 Å². The van der Waals surface area contributed by atoms with Gasteiger partial charge in [0.05, 0.1) is 28.9 Å². The molecule has 5 aromatic rings. The van der Waals surface area contributed by atoms with Crippen LogP contribution in [0.15, 0.2) is 66.7 Å². The van der Waals surface area contributed by atoms with E-state index in [-0.39, 0.29) is 5.91 Å². The van der Waals surface area contributed by atoms with Crippen molar-refractivity contribution in [1.82, 2.24) is 9.55 Å². The summed E-state index contributed by atoms with van der Waals surface area (Å²) in [5, 5.41) is 12.4. The van der Waals surface area contributed by atoms with Crippen LogP contribution in [-0.4, -0.2) is 22.1 Å². The third-order valence-electron chi connectivity index (χ3n) is 5.69. The molecule has 0 unspecified atom stereocenters. The van der Waals surface area contributed by atoms with Gasteiger partial charge in [-0.3, -0.25) is 9.36 Å². The summed E-state index contributed by atoms with van der Waals surface area (Å²) in [6, 6.07) is 23.6. The topological polar surface area (TPSA) is 67.9 Å². The Hall–Kier alpha value is -3.95. The Morgan fingerprint density at radius 3 is 2.32 bits per heavy atom. The largest absolute Gasteiger partial charge is 0.492 e. The Morgan fingerprint density at radius 2 is 1.71 bits per heavy atom. The van der Waals surface area contributed by atoms with E-state index in [2.05, 4.69) is 24.9 Å². The smallest absolute Gasteiger partial charge is 0.274 e. The van der Waals surface area contributed by atoms with E-state index in [1.54, 1.807) is 10.6 Å². The number of nitrogens with zero attached hydrogens (tertiary/aromatic N) is 3. The van der Waals surface area contributed by atoms with Gasteiger partial charge in [-0.2, -0.15) is 5.26 Å². The second-order valence-electron chi connectivity index (χ2n) is 8.64. The summed E-state index contributed by atoms with van der Waals surface area (Å²) in [4.78, 5) is 19.1. The number of nitriles is 1. The molecule has 0 aliphatic carbocycles. The van der Waals surface area contributed by atoms with Gasteiger partial charge in [0.25, 0.3) is 5.91 Å². The van der Waals surface area contributed by atoms with Crippen LogP contribution in [-0.2, 0) is 0 Å². The molecule has 0 N–H and O–H groups in total. The molecule has 0 saturated carbocycles. The number of hydrogen-bond donors (Lipinski definition) is 0. The number of hydrogen-bond acceptors (Lipinski definition) is 5. The molecule has 34 heavy (non-hydrogen) atoms. The molecular weight excluding hydrogens is 442 g/mol. The molecule has 6 heteroatoms. The van der Waals surface area contributed by atoms with E-state index in [1.807, 2.05) is 67.6 Å². The highest BCUT2D eigenvalue weighted by Gasteiger charge is 2.22. The van der Waals surface area contributed by atoms with Gasteiger partial charge in [-0.15, -0.1) is 11.3 Å². The first-order valence-electron chi connectivity index (χ1n) is 11.2. The SMILES string of the molecule is Cc1nc(-c2ccc(OCC(C)C)c(C#N)c2)sc1C(=O)n1c2ccccc2c2ccccc21. The number of aryl methyl sites for hydroxylation is 1. The highest BCUT2D eigenvalue weighted by Crippen LogP contribution is 2.34. The molecule has 0 bridgehead atoms. The van der Waals surface area contributed by atoms with Gasteiger partial charge < -0.3 is 4.74 Å². The number of carbonyl (C=O) groups excluding carboxylic acids is 1. The van der Waals surface area contributed by atoms with E-state index in [1.165, 1.54) is 11.3 Å². The lowest BCUT2D eigenvalue weighted by molar-refractivity contribution is 0.0972. The fraction of sp³-hybridized carbons (Fsp3) is 0.179. The van der Waals surface area contributed by atoms with Crippen molar-refractivity contribution in [2.75, 3.05) is 6.61 Å². The van der Waals surface area contributed by atoms with Gasteiger partial charge >= 0.3 is 0 Å². The van der Waals surface area contributed by atoms with Crippen LogP contribution in [0.1, 0.15) is 34.8 Å². The predicted molar refractivity (Wildman–Crippen MR) is 137 cm³/mol. The van der Waals surface area contributed by atoms with Gasteiger partial charge in [0.15, 0.2) is 0 Å². The quantitative estimate of drug-likeness (QED) is 0.286. The van der Waals surface area contributed by atoms with Crippen LogP contribution < -0.4 is 4.74 Å². The Balaban J connectivity index is 1.56. The fourth-order valence-electron chi connectivity index (χ4n) is 4.09. The van der Waals surface area contributed by atoms with Crippen LogP contribution in [0.25, 0.3) is 32.4 Å². The standard InChI is InChI=1S/C28H23N3O2S/c1-17(2)16-33-25-13-12-19(14-20(25)15-29)27-30-18(3)26(34-27)28(32)31-23-10-6-4-8-21(23)22-9-5-7-11-24(22)31/h4-14,17H,16H2,1-3H3. The molecule has 5 nitrogen and oxygen atoms in total. The number of ether oxygens (including phenoxy) is 1. The highest BCUT2D eigenvalue weighted by atomic mass is 32.1. The van der Waals surface area contributed by atoms with Crippen LogP contribution in [0.3, 0.4) is 0 Å². The van der Waals surface area contributed by atoms with Crippen LogP contribution in [0.2, 0.25) is 0 Å². The van der Waals surface area contributed by atoms with Crippen molar-refractivity contribution >= 4 is 39.0 Å². The van der Waals surface area contributed by atoms with Crippen LogP contribution in [0, 0.1) is 24.2 Å². The minimum Gasteiger partial charge on any atom is -0.492 e. The van der Waals surface area contributed by atoms with Gasteiger partial charge in [-0.1, -0.05) is 50.2 Å². The summed E-state index contributed by atoms with van der Waals surface area (Å²) in [5.41, 5.74) is 3.68. The van der Waals surface area contributed by atoms with E-state index >= 15 is 0 Å². The molecule has 2 heterocycles. The fourth-order valence-corrected chi connectivity index (χ4v) is 5.09. The number of aromatic nitrogens is 2. The summed E-state index contributed by atoms with van der Waals surface area (Å²) in [6.45, 7) is 6.52. The van der Waals surface area contributed by atoms with Crippen molar-refractivity contribution in [3.63, 3.8) is 0 Å². The lowest BCUT2D eigenvalue weighted by Gasteiger charge is -2.10. The third-order valence-corrected chi connectivity index (χ3v) is 6.89. The van der Waals surface area contributed by atoms with Crippen molar-refractivity contribution < 1.29 is 9.53 Å². The normalized spacial score (nSPS) is 11.3. The second kappa shape index (κ2) is 8.77. The number of carbonyl (C=O) groups is 1. The molecule has 0 aliphatic heterocycles. The second-order valence-corrected chi connectivity index (χ2v) is 9.64. The Morgan fingerprint density at radius 1 is 1.06 bits per heavy atom. The van der Waals surface area contributed by atoms with Crippen molar-refractivity contribution in [1.29, 1.82) is 5.26 Å². The average molecular weight is 466 g/mol. The van der Waals surface area contributed by atoms with Gasteiger partial charge in [0.1, 0.15) is 21.7 Å². The number of rotatable bonds is 5. The maximum atomic E-state index is 13.8. The minimum atomic E-state index is -0.101. The molecule has 2 aromatic heterocycles. The van der Waals surface area contributed by atoms with E-state index in [9.17, 15) is 10.1 Å². The van der Waals surface area contributed by atoms with Gasteiger partial charge in [0, 0.05) is 16.3 Å². The summed E-state index contributed by atoms with van der Waals surface area (Å²) in [5.74, 6) is 0.827. The maximum absolute atomic E-state index is 13.8. The monoisotopic (exact) mass is 465 g/mol. The Kier molecular flexibility index (Phi) is 5.64. The zero-order valence-corrected chi connectivity index (χ0v) is 20.0. The maximum Gasteiger partial charge on any atom is 0.274 e. The van der Waals surface area contributed by atoms with Crippen molar-refractivity contribution in [2.45, 2.75) is 20.8 Å². The zero-order chi connectivity index (χ0) is 23.8. The average Bonchev–Trinajstić information content (AvgIpc) is 3.40. The van der Waals surface area contributed by atoms with Gasteiger partial charge in [0.2, 0.25) is 0 Å². The molecule has 5 rings (SSSR count). The number of fused-ring (bicyclic) bond motifs is 3. The van der Waals surface area contributed by atoms with Gasteiger partial charge in [-0.05, 0) is 43.2 Å². The van der Waals surface area contributed by atoms with Crippen molar-refractivity contribution in [3.05, 3.63) is 82.9 Å². The summed E-state index contributed by atoms with van der Waals surface area (Å²) < 4.78 is 7.56. The van der Waals surface area contributed by atoms with E-state index in [4.69, 9.17) is 4.74 Å². The highest BCUT2D eigenvalue weighted by molar-refractivity contribution is 7.17. The first-order valence-corrected chi connectivity index (χ1v) is 12.0. The Labute approximate surface area is 201 Å². The van der Waals surface area contributed by atoms with Gasteiger partial charge in [-0.25, -0.2) is 4.98 Å². The van der Waals surface area contributed by atoms with Crippen LogP contribution in [0.4, 0.5) is 0 Å². The molecule has 0 amide bonds. The van der Waals surface area contributed by atoms with E-state index in [0.29, 0.717) is 39.4 Å². The van der Waals surface area contributed by atoms with Crippen LogP contribution in [0.5, 0.6) is 5.75 Å².